The van der Waals surface area contributed by atoms with Crippen molar-refractivity contribution in [2.24, 2.45) is 5.73 Å². The van der Waals surface area contributed by atoms with Crippen molar-refractivity contribution < 1.29 is 9.18 Å². The minimum absolute atomic E-state index is 0.144. The first-order valence-corrected chi connectivity index (χ1v) is 6.31. The zero-order valence-corrected chi connectivity index (χ0v) is 11.3. The molecule has 0 bridgehead atoms. The van der Waals surface area contributed by atoms with Crippen molar-refractivity contribution in [3.63, 3.8) is 0 Å². The number of nitrogens with two attached hydrogens (primary N) is 1. The van der Waals surface area contributed by atoms with E-state index in [9.17, 15) is 9.18 Å². The Kier molecular flexibility index (Phi) is 6.01. The first-order valence-electron chi connectivity index (χ1n) is 5.53. The average Bonchev–Trinajstić information content (AvgIpc) is 2.31. The second-order valence-corrected chi connectivity index (χ2v) is 4.68. The third kappa shape index (κ3) is 4.58. The van der Waals surface area contributed by atoms with Crippen molar-refractivity contribution in [2.75, 3.05) is 6.54 Å². The van der Waals surface area contributed by atoms with Crippen molar-refractivity contribution >= 4 is 34.7 Å². The summed E-state index contributed by atoms with van der Waals surface area (Å²) in [6.45, 7) is 0.480. The number of benzene rings is 1. The fraction of sp³-hybridized carbons (Fsp3) is 0.333. The molecule has 0 saturated carbocycles. The molecule has 0 radical (unpaired) electrons. The molecule has 1 aromatic rings. The van der Waals surface area contributed by atoms with E-state index in [1.807, 2.05) is 0 Å². The number of amides is 1. The van der Waals surface area contributed by atoms with Crippen LogP contribution in [-0.4, -0.2) is 17.4 Å². The summed E-state index contributed by atoms with van der Waals surface area (Å²) in [5.41, 5.74) is 5.49. The molecular weight excluding hydrogens is 275 g/mol. The topological polar surface area (TPSA) is 55.1 Å². The van der Waals surface area contributed by atoms with E-state index in [-0.39, 0.29) is 16.5 Å². The van der Waals surface area contributed by atoms with Gasteiger partial charge in [0.05, 0.1) is 15.6 Å². The maximum Gasteiger partial charge on any atom is 0.252 e. The van der Waals surface area contributed by atoms with Gasteiger partial charge in [-0.3, -0.25) is 4.79 Å². The molecule has 0 aliphatic heterocycles. The van der Waals surface area contributed by atoms with Crippen LogP contribution in [-0.2, 0) is 0 Å². The van der Waals surface area contributed by atoms with Crippen LogP contribution in [0.4, 0.5) is 4.39 Å². The summed E-state index contributed by atoms with van der Waals surface area (Å²) in [6.07, 6.45) is 2.23. The highest BCUT2D eigenvalue weighted by Gasteiger charge is 2.12. The molecule has 1 rings (SSSR count). The molecule has 0 unspecified atom stereocenters. The van der Waals surface area contributed by atoms with Gasteiger partial charge in [0, 0.05) is 6.54 Å². The smallest absolute Gasteiger partial charge is 0.252 e. The minimum atomic E-state index is -0.599. The number of hydrogen-bond donors (Lipinski definition) is 2. The molecule has 0 heterocycles. The van der Waals surface area contributed by atoms with Gasteiger partial charge in [-0.1, -0.05) is 29.9 Å². The lowest BCUT2D eigenvalue weighted by Gasteiger charge is -2.06. The largest absolute Gasteiger partial charge is 0.393 e. The molecule has 0 fully saturated rings. The van der Waals surface area contributed by atoms with Gasteiger partial charge in [-0.2, -0.15) is 0 Å². The van der Waals surface area contributed by atoms with Crippen molar-refractivity contribution in [3.05, 3.63) is 34.6 Å². The van der Waals surface area contributed by atoms with Crippen molar-refractivity contribution in [1.82, 2.24) is 5.32 Å². The quantitative estimate of drug-likeness (QED) is 0.625. The van der Waals surface area contributed by atoms with Crippen LogP contribution in [0.1, 0.15) is 29.6 Å². The highest BCUT2D eigenvalue weighted by Crippen LogP contribution is 2.19. The first-order chi connectivity index (χ1) is 8.52. The lowest BCUT2D eigenvalue weighted by molar-refractivity contribution is 0.0953. The Morgan fingerprint density at radius 3 is 2.83 bits per heavy atom. The summed E-state index contributed by atoms with van der Waals surface area (Å²) >= 11 is 10.4. The molecule has 0 saturated heterocycles. The normalized spacial score (nSPS) is 10.1. The lowest BCUT2D eigenvalue weighted by atomic mass is 10.2. The van der Waals surface area contributed by atoms with Crippen LogP contribution in [0.3, 0.4) is 0 Å². The van der Waals surface area contributed by atoms with E-state index in [4.69, 9.17) is 29.6 Å². The van der Waals surface area contributed by atoms with Gasteiger partial charge in [-0.15, -0.1) is 0 Å². The van der Waals surface area contributed by atoms with Crippen LogP contribution in [0.5, 0.6) is 0 Å². The number of nitrogens with one attached hydrogen (secondary N) is 1. The number of halogens is 2. The summed E-state index contributed by atoms with van der Waals surface area (Å²) in [5.74, 6) is -0.979. The molecule has 3 N–H and O–H groups in total. The van der Waals surface area contributed by atoms with Gasteiger partial charge in [0.25, 0.3) is 5.91 Å². The summed E-state index contributed by atoms with van der Waals surface area (Å²) in [4.78, 5) is 12.2. The maximum atomic E-state index is 13.1. The Hall–Kier alpha value is -1.20. The van der Waals surface area contributed by atoms with Crippen LogP contribution in [0.2, 0.25) is 5.02 Å². The molecule has 0 spiro atoms. The number of hydrogen-bond acceptors (Lipinski definition) is 2. The summed E-state index contributed by atoms with van der Waals surface area (Å²) < 4.78 is 13.1. The van der Waals surface area contributed by atoms with Crippen molar-refractivity contribution in [2.45, 2.75) is 19.3 Å². The number of rotatable bonds is 6. The molecule has 98 valence electrons. The van der Waals surface area contributed by atoms with E-state index >= 15 is 0 Å². The number of thiocarbonyl (C=S) groups is 1. The van der Waals surface area contributed by atoms with E-state index in [1.54, 1.807) is 0 Å². The number of carbonyl (C=O) groups excluding carboxylic acids is 1. The molecule has 0 aliphatic rings. The van der Waals surface area contributed by atoms with Crippen LogP contribution in [0.15, 0.2) is 18.2 Å². The Bertz CT molecular complexity index is 454. The Morgan fingerprint density at radius 1 is 1.44 bits per heavy atom. The lowest BCUT2D eigenvalue weighted by Crippen LogP contribution is -2.25. The highest BCUT2D eigenvalue weighted by molar-refractivity contribution is 7.80. The van der Waals surface area contributed by atoms with Crippen LogP contribution in [0.25, 0.3) is 0 Å². The molecule has 0 aromatic heterocycles. The third-order valence-corrected chi connectivity index (χ3v) is 2.92. The monoisotopic (exact) mass is 288 g/mol. The molecule has 0 atom stereocenters. The third-order valence-electron chi connectivity index (χ3n) is 2.33. The standard InChI is InChI=1S/C12H14ClFN2OS/c13-11-8(4-3-5-9(11)14)12(17)16-7-2-1-6-10(15)18/h3-5H,1-2,6-7H2,(H2,15,18)(H,16,17). The predicted octanol–water partition coefficient (Wildman–Crippen LogP) is 2.67. The Morgan fingerprint density at radius 2 is 2.17 bits per heavy atom. The van der Waals surface area contributed by atoms with E-state index in [1.165, 1.54) is 18.2 Å². The minimum Gasteiger partial charge on any atom is -0.393 e. The zero-order valence-electron chi connectivity index (χ0n) is 9.71. The fourth-order valence-corrected chi connectivity index (χ4v) is 1.76. The van der Waals surface area contributed by atoms with Gasteiger partial charge in [0.2, 0.25) is 0 Å². The van der Waals surface area contributed by atoms with Gasteiger partial charge in [0.1, 0.15) is 5.82 Å². The molecule has 1 aromatic carbocycles. The average molecular weight is 289 g/mol. The summed E-state index contributed by atoms with van der Waals surface area (Å²) in [6, 6.07) is 4.14. The van der Waals surface area contributed by atoms with E-state index in [0.717, 1.165) is 12.8 Å². The first kappa shape index (κ1) is 14.9. The predicted molar refractivity (Wildman–Crippen MR) is 74.4 cm³/mol. The molecule has 6 heteroatoms. The Labute approximate surface area is 115 Å². The molecule has 18 heavy (non-hydrogen) atoms. The van der Waals surface area contributed by atoms with E-state index < -0.39 is 5.82 Å². The molecule has 1 amide bonds. The SMILES string of the molecule is NC(=S)CCCCNC(=O)c1cccc(F)c1Cl. The summed E-state index contributed by atoms with van der Waals surface area (Å²) in [7, 11) is 0. The van der Waals surface area contributed by atoms with Gasteiger partial charge in [-0.05, 0) is 31.4 Å². The van der Waals surface area contributed by atoms with Crippen molar-refractivity contribution in [3.8, 4) is 0 Å². The van der Waals surface area contributed by atoms with Crippen LogP contribution >= 0.6 is 23.8 Å². The molecule has 0 aliphatic carbocycles. The van der Waals surface area contributed by atoms with Gasteiger partial charge in [-0.25, -0.2) is 4.39 Å². The number of unbranched alkanes of at least 4 members (excludes halogenated alkanes) is 1. The van der Waals surface area contributed by atoms with Gasteiger partial charge >= 0.3 is 0 Å². The second-order valence-electron chi connectivity index (χ2n) is 3.78. The van der Waals surface area contributed by atoms with Crippen LogP contribution in [0, 0.1) is 5.82 Å². The van der Waals surface area contributed by atoms with E-state index in [2.05, 4.69) is 5.32 Å². The molecule has 3 nitrogen and oxygen atoms in total. The molecular formula is C12H14ClFN2OS. The fourth-order valence-electron chi connectivity index (χ4n) is 1.40. The zero-order chi connectivity index (χ0) is 13.5. The second kappa shape index (κ2) is 7.28. The van der Waals surface area contributed by atoms with Crippen molar-refractivity contribution in [1.29, 1.82) is 0 Å². The van der Waals surface area contributed by atoms with Gasteiger partial charge in [0.15, 0.2) is 0 Å². The highest BCUT2D eigenvalue weighted by atomic mass is 35.5. The Balaban J connectivity index is 2.41. The summed E-state index contributed by atoms with van der Waals surface area (Å²) in [5, 5.41) is 2.51. The van der Waals surface area contributed by atoms with E-state index in [0.29, 0.717) is 18.0 Å². The van der Waals surface area contributed by atoms with Crippen LogP contribution < -0.4 is 11.1 Å². The number of carbonyl (C=O) groups is 1. The van der Waals surface area contributed by atoms with Gasteiger partial charge < -0.3 is 11.1 Å². The maximum absolute atomic E-state index is 13.1.